The van der Waals surface area contributed by atoms with Crippen molar-refractivity contribution >= 4 is 41.7 Å². The van der Waals surface area contributed by atoms with E-state index in [0.29, 0.717) is 4.75 Å². The Labute approximate surface area is 157 Å². The highest BCUT2D eigenvalue weighted by Gasteiger charge is 2.29. The van der Waals surface area contributed by atoms with Crippen LogP contribution in [0.3, 0.4) is 0 Å². The van der Waals surface area contributed by atoms with Crippen LogP contribution >= 0.6 is 35.7 Å². The van der Waals surface area contributed by atoms with Crippen molar-refractivity contribution in [1.29, 1.82) is 0 Å². The predicted octanol–water partition coefficient (Wildman–Crippen LogP) is 2.79. The molecule has 0 aliphatic carbocycles. The zero-order chi connectivity index (χ0) is 15.1. The predicted molar refractivity (Wildman–Crippen MR) is 110 cm³/mol. The van der Waals surface area contributed by atoms with E-state index in [2.05, 4.69) is 48.2 Å². The molecule has 0 aromatic carbocycles. The minimum Gasteiger partial charge on any atom is -0.357 e. The fourth-order valence-electron chi connectivity index (χ4n) is 3.06. The summed E-state index contributed by atoms with van der Waals surface area (Å²) >= 11 is 2.08. The molecule has 0 aromatic rings. The van der Waals surface area contributed by atoms with Gasteiger partial charge in [0.05, 0.1) is 6.54 Å². The van der Waals surface area contributed by atoms with Crippen molar-refractivity contribution in [2.24, 2.45) is 10.9 Å². The molecule has 0 saturated carbocycles. The lowest BCUT2D eigenvalue weighted by atomic mass is 9.97. The van der Waals surface area contributed by atoms with Gasteiger partial charge in [-0.15, -0.1) is 24.0 Å². The number of rotatable bonds is 5. The molecule has 22 heavy (non-hydrogen) atoms. The molecule has 0 aromatic heterocycles. The molecule has 130 valence electrons. The van der Waals surface area contributed by atoms with E-state index in [1.54, 1.807) is 0 Å². The third-order valence-electron chi connectivity index (χ3n) is 4.61. The van der Waals surface area contributed by atoms with E-state index in [9.17, 15) is 0 Å². The number of hydrogen-bond donors (Lipinski definition) is 2. The van der Waals surface area contributed by atoms with Crippen molar-refractivity contribution in [3.05, 3.63) is 0 Å². The van der Waals surface area contributed by atoms with Crippen LogP contribution in [0.25, 0.3) is 0 Å². The summed E-state index contributed by atoms with van der Waals surface area (Å²) < 4.78 is 0.357. The second-order valence-corrected chi connectivity index (χ2v) is 8.41. The lowest BCUT2D eigenvalue weighted by Crippen LogP contribution is -2.42. The highest BCUT2D eigenvalue weighted by molar-refractivity contribution is 14.0. The van der Waals surface area contributed by atoms with Crippen molar-refractivity contribution < 1.29 is 0 Å². The summed E-state index contributed by atoms with van der Waals surface area (Å²) in [6.45, 7) is 9.88. The van der Waals surface area contributed by atoms with Gasteiger partial charge >= 0.3 is 0 Å². The molecule has 6 heteroatoms. The van der Waals surface area contributed by atoms with Crippen LogP contribution < -0.4 is 10.6 Å². The normalized spacial score (nSPS) is 27.5. The Morgan fingerprint density at radius 3 is 2.64 bits per heavy atom. The van der Waals surface area contributed by atoms with Gasteiger partial charge in [-0.25, -0.2) is 0 Å². The third kappa shape index (κ3) is 6.83. The molecule has 2 aliphatic heterocycles. The molecule has 2 aliphatic rings. The lowest BCUT2D eigenvalue weighted by molar-refractivity contribution is 0.220. The summed E-state index contributed by atoms with van der Waals surface area (Å²) in [5.41, 5.74) is 0. The summed E-state index contributed by atoms with van der Waals surface area (Å²) in [4.78, 5) is 7.25. The number of piperidine rings is 1. The molecule has 2 rings (SSSR count). The zero-order valence-corrected chi connectivity index (χ0v) is 17.5. The number of thioether (sulfide) groups is 1. The lowest BCUT2D eigenvalue weighted by Gasteiger charge is -2.29. The monoisotopic (exact) mass is 440 g/mol. The van der Waals surface area contributed by atoms with Crippen molar-refractivity contribution in [2.45, 2.75) is 44.3 Å². The van der Waals surface area contributed by atoms with Crippen molar-refractivity contribution in [2.75, 3.05) is 45.5 Å². The number of aliphatic imine (C=N–C) groups is 1. The van der Waals surface area contributed by atoms with Gasteiger partial charge in [0, 0.05) is 17.8 Å². The average molecular weight is 440 g/mol. The highest BCUT2D eigenvalue weighted by atomic mass is 127. The molecular formula is C16H33IN4S. The number of hydrogen-bond acceptors (Lipinski definition) is 3. The number of nitrogens with one attached hydrogen (secondary N) is 2. The van der Waals surface area contributed by atoms with E-state index >= 15 is 0 Å². The molecule has 0 amide bonds. The van der Waals surface area contributed by atoms with Crippen LogP contribution in [0.4, 0.5) is 0 Å². The standard InChI is InChI=1S/C16H32N4S.HI/c1-4-17-15(19-13-16(2)8-5-11-21-16)18-12-14-6-9-20(3)10-7-14;/h14H,4-13H2,1-3H3,(H2,17,18,19);1H. The first-order chi connectivity index (χ1) is 10.1. The van der Waals surface area contributed by atoms with Crippen LogP contribution in [0, 0.1) is 5.92 Å². The second-order valence-electron chi connectivity index (χ2n) is 6.72. The molecular weight excluding hydrogens is 407 g/mol. The number of halogens is 1. The second kappa shape index (κ2) is 10.2. The van der Waals surface area contributed by atoms with Gasteiger partial charge in [-0.1, -0.05) is 0 Å². The van der Waals surface area contributed by atoms with Gasteiger partial charge in [0.25, 0.3) is 0 Å². The molecule has 2 fully saturated rings. The van der Waals surface area contributed by atoms with Gasteiger partial charge in [-0.05, 0) is 71.3 Å². The number of nitrogens with zero attached hydrogens (tertiary/aromatic N) is 2. The quantitative estimate of drug-likeness (QED) is 0.392. The van der Waals surface area contributed by atoms with Crippen molar-refractivity contribution in [3.63, 3.8) is 0 Å². The Hall–Kier alpha value is 0.310. The molecule has 2 saturated heterocycles. The first-order valence-corrected chi connectivity index (χ1v) is 9.44. The highest BCUT2D eigenvalue weighted by Crippen LogP contribution is 2.37. The van der Waals surface area contributed by atoms with Crippen LogP contribution in [-0.4, -0.2) is 61.1 Å². The smallest absolute Gasteiger partial charge is 0.191 e. The molecule has 0 bridgehead atoms. The summed E-state index contributed by atoms with van der Waals surface area (Å²) in [7, 11) is 2.22. The number of likely N-dealkylation sites (tertiary alicyclic amines) is 1. The maximum Gasteiger partial charge on any atom is 0.191 e. The minimum atomic E-state index is 0. The van der Waals surface area contributed by atoms with E-state index in [4.69, 9.17) is 4.99 Å². The van der Waals surface area contributed by atoms with Crippen LogP contribution in [0.1, 0.15) is 39.5 Å². The van der Waals surface area contributed by atoms with E-state index in [1.807, 2.05) is 0 Å². The molecule has 4 nitrogen and oxygen atoms in total. The summed E-state index contributed by atoms with van der Waals surface area (Å²) in [6, 6.07) is 0. The van der Waals surface area contributed by atoms with E-state index < -0.39 is 0 Å². The van der Waals surface area contributed by atoms with Crippen LogP contribution in [0.15, 0.2) is 4.99 Å². The van der Waals surface area contributed by atoms with Crippen LogP contribution in [-0.2, 0) is 0 Å². The van der Waals surface area contributed by atoms with Crippen LogP contribution in [0.2, 0.25) is 0 Å². The minimum absolute atomic E-state index is 0. The maximum absolute atomic E-state index is 4.83. The SMILES string of the molecule is CCNC(=NCC1(C)CCCS1)NCC1CCN(C)CC1.I. The number of guanidine groups is 1. The fraction of sp³-hybridized carbons (Fsp3) is 0.938. The molecule has 2 N–H and O–H groups in total. The van der Waals surface area contributed by atoms with Crippen molar-refractivity contribution in [3.8, 4) is 0 Å². The van der Waals surface area contributed by atoms with E-state index in [1.165, 1.54) is 44.5 Å². The van der Waals surface area contributed by atoms with Gasteiger partial charge < -0.3 is 15.5 Å². The Morgan fingerprint density at radius 1 is 1.32 bits per heavy atom. The largest absolute Gasteiger partial charge is 0.357 e. The van der Waals surface area contributed by atoms with Crippen LogP contribution in [0.5, 0.6) is 0 Å². The summed E-state index contributed by atoms with van der Waals surface area (Å²) in [6.07, 6.45) is 5.25. The third-order valence-corrected chi connectivity index (χ3v) is 6.14. The molecule has 0 spiro atoms. The average Bonchev–Trinajstić information content (AvgIpc) is 2.91. The fourth-order valence-corrected chi connectivity index (χ4v) is 4.28. The van der Waals surface area contributed by atoms with Gasteiger partial charge in [0.15, 0.2) is 5.96 Å². The van der Waals surface area contributed by atoms with E-state index in [0.717, 1.165) is 31.5 Å². The molecule has 2 heterocycles. The molecule has 1 atom stereocenters. The summed E-state index contributed by atoms with van der Waals surface area (Å²) in [5.74, 6) is 3.10. The van der Waals surface area contributed by atoms with Gasteiger partial charge in [-0.2, -0.15) is 11.8 Å². The van der Waals surface area contributed by atoms with E-state index in [-0.39, 0.29) is 24.0 Å². The maximum atomic E-state index is 4.83. The molecule has 1 unspecified atom stereocenters. The summed E-state index contributed by atoms with van der Waals surface area (Å²) in [5, 5.41) is 6.95. The van der Waals surface area contributed by atoms with Gasteiger partial charge in [0.1, 0.15) is 0 Å². The Balaban J connectivity index is 0.00000242. The zero-order valence-electron chi connectivity index (χ0n) is 14.4. The molecule has 0 radical (unpaired) electrons. The topological polar surface area (TPSA) is 39.7 Å². The first-order valence-electron chi connectivity index (χ1n) is 8.46. The Morgan fingerprint density at radius 2 is 2.05 bits per heavy atom. The Kier molecular flexibility index (Phi) is 9.47. The van der Waals surface area contributed by atoms with Gasteiger partial charge in [-0.3, -0.25) is 4.99 Å². The first kappa shape index (κ1) is 20.4. The van der Waals surface area contributed by atoms with Gasteiger partial charge in [0.2, 0.25) is 0 Å². The Bertz CT molecular complexity index is 337. The van der Waals surface area contributed by atoms with Crippen molar-refractivity contribution in [1.82, 2.24) is 15.5 Å².